The van der Waals surface area contributed by atoms with E-state index in [2.05, 4.69) is 17.4 Å². The second kappa shape index (κ2) is 8.45. The van der Waals surface area contributed by atoms with Crippen LogP contribution >= 0.6 is 0 Å². The molecule has 1 unspecified atom stereocenters. The lowest BCUT2D eigenvalue weighted by molar-refractivity contribution is -0.141. The Morgan fingerprint density at radius 1 is 1.29 bits per heavy atom. The van der Waals surface area contributed by atoms with Gasteiger partial charge in [-0.05, 0) is 37.8 Å². The van der Waals surface area contributed by atoms with E-state index in [1.807, 2.05) is 26.8 Å². The van der Waals surface area contributed by atoms with Gasteiger partial charge in [-0.15, -0.1) is 0 Å². The van der Waals surface area contributed by atoms with Crippen molar-refractivity contribution in [2.24, 2.45) is 5.92 Å². The summed E-state index contributed by atoms with van der Waals surface area (Å²) in [5.41, 5.74) is 3.57. The molecule has 1 rings (SSSR count). The van der Waals surface area contributed by atoms with Gasteiger partial charge >= 0.3 is 5.97 Å². The van der Waals surface area contributed by atoms with Gasteiger partial charge in [-0.3, -0.25) is 9.59 Å². The Morgan fingerprint density at radius 3 is 2.57 bits per heavy atom. The minimum Gasteiger partial charge on any atom is -0.481 e. The Bertz CT molecular complexity index is 497. The lowest BCUT2D eigenvalue weighted by atomic mass is 10.0. The molecule has 4 nitrogen and oxygen atoms in total. The monoisotopic (exact) mass is 291 g/mol. The van der Waals surface area contributed by atoms with Crippen molar-refractivity contribution in [3.05, 3.63) is 34.9 Å². The normalized spacial score (nSPS) is 12.0. The van der Waals surface area contributed by atoms with Crippen LogP contribution in [0.25, 0.3) is 0 Å². The number of benzene rings is 1. The number of hydrogen-bond acceptors (Lipinski definition) is 2. The van der Waals surface area contributed by atoms with E-state index in [1.165, 1.54) is 16.7 Å². The van der Waals surface area contributed by atoms with E-state index in [9.17, 15) is 9.59 Å². The molecule has 0 fully saturated rings. The van der Waals surface area contributed by atoms with Crippen LogP contribution in [0.1, 0.15) is 42.9 Å². The van der Waals surface area contributed by atoms with Gasteiger partial charge in [0.05, 0.1) is 5.92 Å². The summed E-state index contributed by atoms with van der Waals surface area (Å²) in [4.78, 5) is 22.8. The predicted molar refractivity (Wildman–Crippen MR) is 83.3 cm³/mol. The maximum Gasteiger partial charge on any atom is 0.308 e. The topological polar surface area (TPSA) is 66.4 Å². The molecule has 116 valence electrons. The first-order chi connectivity index (χ1) is 9.93. The maximum absolute atomic E-state index is 11.8. The number of hydrogen-bond donors (Lipinski definition) is 2. The average Bonchev–Trinajstić information content (AvgIpc) is 2.42. The molecule has 0 saturated heterocycles. The van der Waals surface area contributed by atoms with Crippen molar-refractivity contribution in [3.63, 3.8) is 0 Å². The summed E-state index contributed by atoms with van der Waals surface area (Å²) in [5.74, 6) is -1.41. The first kappa shape index (κ1) is 17.2. The van der Waals surface area contributed by atoms with Gasteiger partial charge in [0.2, 0.25) is 5.91 Å². The molecule has 0 saturated carbocycles. The fourth-order valence-electron chi connectivity index (χ4n) is 2.36. The van der Waals surface area contributed by atoms with Crippen LogP contribution in [0.4, 0.5) is 0 Å². The summed E-state index contributed by atoms with van der Waals surface area (Å²) >= 11 is 0. The summed E-state index contributed by atoms with van der Waals surface area (Å²) in [6, 6.07) is 6.20. The van der Waals surface area contributed by atoms with E-state index in [-0.39, 0.29) is 12.5 Å². The minimum absolute atomic E-state index is 0.0858. The van der Waals surface area contributed by atoms with E-state index in [0.717, 1.165) is 6.42 Å². The summed E-state index contributed by atoms with van der Waals surface area (Å²) in [6.07, 6.45) is 2.47. The van der Waals surface area contributed by atoms with Gasteiger partial charge in [0, 0.05) is 13.0 Å². The molecular formula is C17H25NO3. The summed E-state index contributed by atoms with van der Waals surface area (Å²) in [5, 5.41) is 11.8. The molecule has 0 aliphatic heterocycles. The van der Waals surface area contributed by atoms with Crippen LogP contribution in [0.3, 0.4) is 0 Å². The highest BCUT2D eigenvalue weighted by atomic mass is 16.4. The quantitative estimate of drug-likeness (QED) is 0.774. The van der Waals surface area contributed by atoms with Crippen LogP contribution < -0.4 is 5.32 Å². The van der Waals surface area contributed by atoms with Gasteiger partial charge in [-0.25, -0.2) is 0 Å². The molecule has 4 heteroatoms. The molecule has 0 aliphatic rings. The number of rotatable bonds is 8. The van der Waals surface area contributed by atoms with Crippen molar-refractivity contribution in [3.8, 4) is 0 Å². The van der Waals surface area contributed by atoms with Gasteiger partial charge in [0.1, 0.15) is 0 Å². The fourth-order valence-corrected chi connectivity index (χ4v) is 2.36. The van der Waals surface area contributed by atoms with E-state index in [1.54, 1.807) is 0 Å². The van der Waals surface area contributed by atoms with Gasteiger partial charge in [-0.1, -0.05) is 37.1 Å². The Morgan fingerprint density at radius 2 is 2.00 bits per heavy atom. The largest absolute Gasteiger partial charge is 0.481 e. The van der Waals surface area contributed by atoms with Crippen LogP contribution in [-0.2, 0) is 16.0 Å². The van der Waals surface area contributed by atoms with Crippen LogP contribution in [0.5, 0.6) is 0 Å². The second-order valence-corrected chi connectivity index (χ2v) is 5.56. The van der Waals surface area contributed by atoms with Gasteiger partial charge in [-0.2, -0.15) is 0 Å². The number of carbonyl (C=O) groups excluding carboxylic acids is 1. The zero-order valence-electron chi connectivity index (χ0n) is 13.1. The van der Waals surface area contributed by atoms with Crippen LogP contribution in [0.15, 0.2) is 18.2 Å². The van der Waals surface area contributed by atoms with Crippen molar-refractivity contribution >= 4 is 11.9 Å². The van der Waals surface area contributed by atoms with E-state index in [0.29, 0.717) is 19.3 Å². The Labute approximate surface area is 126 Å². The highest BCUT2D eigenvalue weighted by Crippen LogP contribution is 2.12. The third kappa shape index (κ3) is 5.98. The lowest BCUT2D eigenvalue weighted by Crippen LogP contribution is -2.33. The molecule has 1 aromatic carbocycles. The molecule has 0 radical (unpaired) electrons. The number of aryl methyl sites for hydroxylation is 3. The predicted octanol–water partition coefficient (Wildman–Crippen LogP) is 2.85. The number of nitrogens with one attached hydrogen (secondary N) is 1. The maximum atomic E-state index is 11.8. The molecule has 1 aromatic rings. The van der Waals surface area contributed by atoms with Crippen molar-refractivity contribution < 1.29 is 14.7 Å². The van der Waals surface area contributed by atoms with Gasteiger partial charge in [0.25, 0.3) is 0 Å². The van der Waals surface area contributed by atoms with Crippen LogP contribution in [0, 0.1) is 19.8 Å². The minimum atomic E-state index is -0.841. The molecule has 1 atom stereocenters. The Balaban J connectivity index is 2.41. The Kier molecular flexibility index (Phi) is 6.92. The summed E-state index contributed by atoms with van der Waals surface area (Å²) in [6.45, 7) is 6.25. The molecular weight excluding hydrogens is 266 g/mol. The SMILES string of the molecule is CCCC(CNC(=O)CCc1ccc(C)cc1C)C(=O)O. The molecule has 2 N–H and O–H groups in total. The van der Waals surface area contributed by atoms with Crippen molar-refractivity contribution in [2.75, 3.05) is 6.54 Å². The third-order valence-corrected chi connectivity index (χ3v) is 3.65. The van der Waals surface area contributed by atoms with Crippen LogP contribution in [0.2, 0.25) is 0 Å². The van der Waals surface area contributed by atoms with E-state index < -0.39 is 11.9 Å². The Hall–Kier alpha value is -1.84. The van der Waals surface area contributed by atoms with E-state index >= 15 is 0 Å². The number of carbonyl (C=O) groups is 2. The van der Waals surface area contributed by atoms with Crippen LogP contribution in [-0.4, -0.2) is 23.5 Å². The molecule has 1 amide bonds. The number of amides is 1. The molecule has 0 aromatic heterocycles. The first-order valence-corrected chi connectivity index (χ1v) is 7.49. The summed E-state index contributed by atoms with van der Waals surface area (Å²) < 4.78 is 0. The van der Waals surface area contributed by atoms with Crippen molar-refractivity contribution in [1.82, 2.24) is 5.32 Å². The van der Waals surface area contributed by atoms with Gasteiger partial charge in [0.15, 0.2) is 0 Å². The fraction of sp³-hybridized carbons (Fsp3) is 0.529. The second-order valence-electron chi connectivity index (χ2n) is 5.56. The zero-order valence-corrected chi connectivity index (χ0v) is 13.1. The molecule has 21 heavy (non-hydrogen) atoms. The molecule has 0 bridgehead atoms. The van der Waals surface area contributed by atoms with Gasteiger partial charge < -0.3 is 10.4 Å². The lowest BCUT2D eigenvalue weighted by Gasteiger charge is -2.12. The smallest absolute Gasteiger partial charge is 0.308 e. The third-order valence-electron chi connectivity index (χ3n) is 3.65. The van der Waals surface area contributed by atoms with Crippen molar-refractivity contribution in [1.29, 1.82) is 0 Å². The van der Waals surface area contributed by atoms with E-state index in [4.69, 9.17) is 5.11 Å². The average molecular weight is 291 g/mol. The first-order valence-electron chi connectivity index (χ1n) is 7.49. The highest BCUT2D eigenvalue weighted by Gasteiger charge is 2.17. The molecule has 0 spiro atoms. The number of carboxylic acids is 1. The number of carboxylic acid groups (broad SMARTS) is 1. The summed E-state index contributed by atoms with van der Waals surface area (Å²) in [7, 11) is 0. The zero-order chi connectivity index (χ0) is 15.8. The number of aliphatic carboxylic acids is 1. The standard InChI is InChI=1S/C17H25NO3/c1-4-5-15(17(20)21)11-18-16(19)9-8-14-7-6-12(2)10-13(14)3/h6-7,10,15H,4-5,8-9,11H2,1-3H3,(H,18,19)(H,20,21). The van der Waals surface area contributed by atoms with Crippen molar-refractivity contribution in [2.45, 2.75) is 46.5 Å². The molecule has 0 aliphatic carbocycles. The molecule has 0 heterocycles. The highest BCUT2D eigenvalue weighted by molar-refractivity contribution is 5.77.